The zero-order valence-corrected chi connectivity index (χ0v) is 12.1. The number of ether oxygens (including phenoxy) is 1. The van der Waals surface area contributed by atoms with Crippen molar-refractivity contribution in [1.82, 2.24) is 15.3 Å². The van der Waals surface area contributed by atoms with Crippen LogP contribution in [-0.4, -0.2) is 23.0 Å². The fraction of sp³-hybridized carbons (Fsp3) is 0.308. The highest BCUT2D eigenvalue weighted by Crippen LogP contribution is 2.16. The molecule has 1 atom stereocenters. The van der Waals surface area contributed by atoms with Crippen molar-refractivity contribution >= 4 is 17.2 Å². The minimum absolute atomic E-state index is 0.167. The molecule has 2 heterocycles. The number of nitrogens with two attached hydrogens (primary N) is 1. The SMILES string of the molecule is COc1ncccc1CNC(=O)c1csc(C(C)N)n1. The lowest BCUT2D eigenvalue weighted by Crippen LogP contribution is -2.23. The zero-order chi connectivity index (χ0) is 14.5. The topological polar surface area (TPSA) is 90.1 Å². The summed E-state index contributed by atoms with van der Waals surface area (Å²) in [6.07, 6.45) is 1.64. The number of nitrogens with one attached hydrogen (secondary N) is 1. The predicted octanol–water partition coefficient (Wildman–Crippen LogP) is 1.50. The Hall–Kier alpha value is -1.99. The van der Waals surface area contributed by atoms with E-state index in [0.29, 0.717) is 18.1 Å². The third-order valence-electron chi connectivity index (χ3n) is 2.63. The molecule has 2 aromatic heterocycles. The first-order valence-corrected chi connectivity index (χ1v) is 6.97. The first-order valence-electron chi connectivity index (χ1n) is 6.09. The Morgan fingerprint density at radius 1 is 1.60 bits per heavy atom. The van der Waals surface area contributed by atoms with Gasteiger partial charge in [-0.3, -0.25) is 4.79 Å². The fourth-order valence-corrected chi connectivity index (χ4v) is 2.37. The van der Waals surface area contributed by atoms with E-state index in [1.165, 1.54) is 11.3 Å². The summed E-state index contributed by atoms with van der Waals surface area (Å²) in [5, 5.41) is 5.23. The van der Waals surface area contributed by atoms with Crippen LogP contribution in [0.25, 0.3) is 0 Å². The van der Waals surface area contributed by atoms with Gasteiger partial charge in [0.05, 0.1) is 13.2 Å². The molecule has 0 bridgehead atoms. The van der Waals surface area contributed by atoms with Crippen molar-refractivity contribution < 1.29 is 9.53 Å². The normalized spacial score (nSPS) is 11.9. The molecule has 0 aliphatic carbocycles. The Kier molecular flexibility index (Phi) is 4.65. The fourth-order valence-electron chi connectivity index (χ4n) is 1.61. The largest absolute Gasteiger partial charge is 0.481 e. The maximum atomic E-state index is 12.0. The predicted molar refractivity (Wildman–Crippen MR) is 76.7 cm³/mol. The molecule has 1 amide bonds. The van der Waals surface area contributed by atoms with E-state index in [2.05, 4.69) is 15.3 Å². The van der Waals surface area contributed by atoms with E-state index in [-0.39, 0.29) is 11.9 Å². The summed E-state index contributed by atoms with van der Waals surface area (Å²) < 4.78 is 5.13. The highest BCUT2D eigenvalue weighted by Gasteiger charge is 2.13. The van der Waals surface area contributed by atoms with Crippen LogP contribution in [0, 0.1) is 0 Å². The van der Waals surface area contributed by atoms with E-state index in [9.17, 15) is 4.79 Å². The average molecular weight is 292 g/mol. The molecule has 7 heteroatoms. The van der Waals surface area contributed by atoms with Crippen molar-refractivity contribution in [3.8, 4) is 5.88 Å². The zero-order valence-electron chi connectivity index (χ0n) is 11.3. The van der Waals surface area contributed by atoms with Crippen LogP contribution in [0.3, 0.4) is 0 Å². The summed E-state index contributed by atoms with van der Waals surface area (Å²) >= 11 is 1.38. The second kappa shape index (κ2) is 6.44. The average Bonchev–Trinajstić information content (AvgIpc) is 2.95. The van der Waals surface area contributed by atoms with Crippen LogP contribution in [-0.2, 0) is 6.54 Å². The molecule has 3 N–H and O–H groups in total. The number of hydrogen-bond acceptors (Lipinski definition) is 6. The lowest BCUT2D eigenvalue weighted by Gasteiger charge is -2.07. The second-order valence-electron chi connectivity index (χ2n) is 4.21. The van der Waals surface area contributed by atoms with Crippen molar-refractivity contribution in [1.29, 1.82) is 0 Å². The summed E-state index contributed by atoms with van der Waals surface area (Å²) in [7, 11) is 1.54. The van der Waals surface area contributed by atoms with Crippen LogP contribution in [0.1, 0.15) is 34.0 Å². The Labute approximate surface area is 121 Å². The summed E-state index contributed by atoms with van der Waals surface area (Å²) in [4.78, 5) is 20.3. The van der Waals surface area contributed by atoms with E-state index < -0.39 is 0 Å². The van der Waals surface area contributed by atoms with E-state index >= 15 is 0 Å². The monoisotopic (exact) mass is 292 g/mol. The van der Waals surface area contributed by atoms with E-state index in [4.69, 9.17) is 10.5 Å². The number of thiazole rings is 1. The third kappa shape index (κ3) is 3.31. The third-order valence-corrected chi connectivity index (χ3v) is 3.67. The molecule has 2 rings (SSSR count). The molecule has 0 aromatic carbocycles. The maximum absolute atomic E-state index is 12.0. The Morgan fingerprint density at radius 3 is 3.05 bits per heavy atom. The van der Waals surface area contributed by atoms with Crippen molar-refractivity contribution in [2.45, 2.75) is 19.5 Å². The van der Waals surface area contributed by atoms with Crippen LogP contribution in [0.2, 0.25) is 0 Å². The highest BCUT2D eigenvalue weighted by atomic mass is 32.1. The van der Waals surface area contributed by atoms with Gasteiger partial charge in [-0.1, -0.05) is 6.07 Å². The summed E-state index contributed by atoms with van der Waals surface area (Å²) in [6.45, 7) is 2.17. The van der Waals surface area contributed by atoms with Gasteiger partial charge in [0, 0.05) is 23.7 Å². The van der Waals surface area contributed by atoms with Gasteiger partial charge < -0.3 is 15.8 Å². The first kappa shape index (κ1) is 14.4. The second-order valence-corrected chi connectivity index (χ2v) is 5.10. The van der Waals surface area contributed by atoms with E-state index in [0.717, 1.165) is 10.6 Å². The molecule has 0 radical (unpaired) electrons. The minimum Gasteiger partial charge on any atom is -0.481 e. The van der Waals surface area contributed by atoms with Crippen molar-refractivity contribution in [3.63, 3.8) is 0 Å². The highest BCUT2D eigenvalue weighted by molar-refractivity contribution is 7.09. The number of carbonyl (C=O) groups excluding carboxylic acids is 1. The van der Waals surface area contributed by atoms with Crippen LogP contribution >= 0.6 is 11.3 Å². The molecule has 6 nitrogen and oxygen atoms in total. The van der Waals surface area contributed by atoms with Crippen LogP contribution in [0.4, 0.5) is 0 Å². The summed E-state index contributed by atoms with van der Waals surface area (Å²) in [6, 6.07) is 3.47. The van der Waals surface area contributed by atoms with Gasteiger partial charge >= 0.3 is 0 Å². The molecule has 0 aliphatic heterocycles. The van der Waals surface area contributed by atoms with E-state index in [1.807, 2.05) is 13.0 Å². The van der Waals surface area contributed by atoms with Gasteiger partial charge in [-0.05, 0) is 13.0 Å². The molecule has 1 unspecified atom stereocenters. The van der Waals surface area contributed by atoms with Crippen LogP contribution < -0.4 is 15.8 Å². The number of nitrogens with zero attached hydrogens (tertiary/aromatic N) is 2. The standard InChI is InChI=1S/C13H16N4O2S/c1-8(14)13-17-10(7-20-13)11(18)16-6-9-4-3-5-15-12(9)19-2/h3-5,7-8H,6,14H2,1-2H3,(H,16,18). The molecule has 2 aromatic rings. The molecular formula is C13H16N4O2S. The van der Waals surface area contributed by atoms with E-state index in [1.54, 1.807) is 24.8 Å². The molecule has 106 valence electrons. The van der Waals surface area contributed by atoms with Gasteiger partial charge in [0.2, 0.25) is 5.88 Å². The van der Waals surface area contributed by atoms with Gasteiger partial charge in [-0.25, -0.2) is 9.97 Å². The van der Waals surface area contributed by atoms with Gasteiger partial charge in [0.25, 0.3) is 5.91 Å². The number of aromatic nitrogens is 2. The lowest BCUT2D eigenvalue weighted by atomic mass is 10.2. The Morgan fingerprint density at radius 2 is 2.40 bits per heavy atom. The van der Waals surface area contributed by atoms with Crippen molar-refractivity contribution in [2.24, 2.45) is 5.73 Å². The molecule has 0 aliphatic rings. The van der Waals surface area contributed by atoms with Crippen molar-refractivity contribution in [2.75, 3.05) is 7.11 Å². The number of carbonyl (C=O) groups is 1. The first-order chi connectivity index (χ1) is 9.61. The molecule has 0 saturated carbocycles. The van der Waals surface area contributed by atoms with Crippen LogP contribution in [0.5, 0.6) is 5.88 Å². The number of hydrogen-bond donors (Lipinski definition) is 2. The molecule has 20 heavy (non-hydrogen) atoms. The number of methoxy groups -OCH3 is 1. The number of pyridine rings is 1. The quantitative estimate of drug-likeness (QED) is 0.871. The molecule has 0 saturated heterocycles. The van der Waals surface area contributed by atoms with Gasteiger partial charge in [-0.2, -0.15) is 0 Å². The van der Waals surface area contributed by atoms with Crippen LogP contribution in [0.15, 0.2) is 23.7 Å². The van der Waals surface area contributed by atoms with Gasteiger partial charge in [0.1, 0.15) is 10.7 Å². The summed E-state index contributed by atoms with van der Waals surface area (Å²) in [5.41, 5.74) is 6.91. The number of rotatable bonds is 5. The van der Waals surface area contributed by atoms with Crippen molar-refractivity contribution in [3.05, 3.63) is 40.0 Å². The molecule has 0 spiro atoms. The minimum atomic E-state index is -0.237. The maximum Gasteiger partial charge on any atom is 0.271 e. The van der Waals surface area contributed by atoms with Gasteiger partial charge in [-0.15, -0.1) is 11.3 Å². The smallest absolute Gasteiger partial charge is 0.271 e. The Bertz CT molecular complexity index is 598. The van der Waals surface area contributed by atoms with Gasteiger partial charge in [0.15, 0.2) is 0 Å². The number of amides is 1. The lowest BCUT2D eigenvalue weighted by molar-refractivity contribution is 0.0946. The summed E-state index contributed by atoms with van der Waals surface area (Å²) in [5.74, 6) is 0.265. The Balaban J connectivity index is 2.01. The molecular weight excluding hydrogens is 276 g/mol. The molecule has 0 fully saturated rings.